The number of aliphatic imine (C=N–C) groups is 1. The third kappa shape index (κ3) is 3.37. The molecule has 1 aromatic rings. The van der Waals surface area contributed by atoms with Crippen LogP contribution in [0.25, 0.3) is 0 Å². The van der Waals surface area contributed by atoms with Crippen molar-refractivity contribution < 1.29 is 18.7 Å². The van der Waals surface area contributed by atoms with Gasteiger partial charge in [-0.3, -0.25) is 9.79 Å². The van der Waals surface area contributed by atoms with Gasteiger partial charge in [-0.15, -0.1) is 0 Å². The number of hydrogen-bond donors (Lipinski definition) is 0. The van der Waals surface area contributed by atoms with Gasteiger partial charge < -0.3 is 9.47 Å². The van der Waals surface area contributed by atoms with Gasteiger partial charge >= 0.3 is 0 Å². The first-order valence-corrected chi connectivity index (χ1v) is 7.51. The smallest absolute Gasteiger partial charge is 0.143 e. The van der Waals surface area contributed by atoms with E-state index in [-0.39, 0.29) is 17.1 Å². The summed E-state index contributed by atoms with van der Waals surface area (Å²) in [5.74, 6) is 0.348. The lowest BCUT2D eigenvalue weighted by Crippen LogP contribution is -2.26. The molecule has 1 aliphatic rings. The van der Waals surface area contributed by atoms with Crippen LogP contribution >= 0.6 is 11.8 Å². The standard InChI is InChI=1S/C15H18FNO3S/c1-8-5-13(9(2)18)21-15(17-8)14-11(16)6-10(19-3)7-12(14)20-4/h6-8,13H,5H2,1-4H3. The van der Waals surface area contributed by atoms with Gasteiger partial charge in [-0.05, 0) is 20.3 Å². The van der Waals surface area contributed by atoms with Gasteiger partial charge in [0, 0.05) is 18.2 Å². The fraction of sp³-hybridized carbons (Fsp3) is 0.467. The molecule has 0 amide bonds. The van der Waals surface area contributed by atoms with E-state index in [4.69, 9.17) is 9.47 Å². The summed E-state index contributed by atoms with van der Waals surface area (Å²) < 4.78 is 24.7. The summed E-state index contributed by atoms with van der Waals surface area (Å²) >= 11 is 1.29. The van der Waals surface area contributed by atoms with Crippen molar-refractivity contribution in [3.05, 3.63) is 23.5 Å². The van der Waals surface area contributed by atoms with Crippen molar-refractivity contribution in [3.63, 3.8) is 0 Å². The zero-order valence-corrected chi connectivity index (χ0v) is 13.3. The van der Waals surface area contributed by atoms with Crippen molar-refractivity contribution >= 4 is 22.6 Å². The number of ketones is 1. The second-order valence-electron chi connectivity index (χ2n) is 4.92. The van der Waals surface area contributed by atoms with E-state index < -0.39 is 5.82 Å². The topological polar surface area (TPSA) is 47.9 Å². The van der Waals surface area contributed by atoms with E-state index in [0.29, 0.717) is 28.5 Å². The van der Waals surface area contributed by atoms with Crippen LogP contribution in [0.1, 0.15) is 25.8 Å². The third-order valence-corrected chi connectivity index (χ3v) is 4.64. The minimum atomic E-state index is -0.464. The summed E-state index contributed by atoms with van der Waals surface area (Å²) in [6.45, 7) is 3.47. The molecule has 0 fully saturated rings. The molecule has 0 spiro atoms. The Morgan fingerprint density at radius 2 is 2.10 bits per heavy atom. The van der Waals surface area contributed by atoms with Crippen molar-refractivity contribution in [2.75, 3.05) is 14.2 Å². The van der Waals surface area contributed by atoms with Crippen LogP contribution in [0.15, 0.2) is 17.1 Å². The first-order valence-electron chi connectivity index (χ1n) is 6.63. The van der Waals surface area contributed by atoms with Gasteiger partial charge in [0.2, 0.25) is 0 Å². The maximum absolute atomic E-state index is 14.4. The summed E-state index contributed by atoms with van der Waals surface area (Å²) in [7, 11) is 2.94. The number of ether oxygens (including phenoxy) is 2. The maximum atomic E-state index is 14.4. The summed E-state index contributed by atoms with van der Waals surface area (Å²) in [6, 6.07) is 2.88. The highest BCUT2D eigenvalue weighted by Gasteiger charge is 2.29. The number of methoxy groups -OCH3 is 2. The SMILES string of the molecule is COc1cc(F)c(C2=NC(C)CC(C(C)=O)S2)c(OC)c1. The van der Waals surface area contributed by atoms with Gasteiger partial charge in [-0.1, -0.05) is 11.8 Å². The van der Waals surface area contributed by atoms with Crippen LogP contribution in [-0.4, -0.2) is 36.3 Å². The number of Topliss-reactive ketones (excluding diaryl/α,β-unsaturated/α-hetero) is 1. The number of thioether (sulfide) groups is 1. The number of benzene rings is 1. The van der Waals surface area contributed by atoms with Crippen molar-refractivity contribution in [1.29, 1.82) is 0 Å². The van der Waals surface area contributed by atoms with Crippen molar-refractivity contribution in [2.45, 2.75) is 31.6 Å². The van der Waals surface area contributed by atoms with Crippen LogP contribution in [0.4, 0.5) is 4.39 Å². The largest absolute Gasteiger partial charge is 0.497 e. The Morgan fingerprint density at radius 3 is 2.67 bits per heavy atom. The van der Waals surface area contributed by atoms with Crippen LogP contribution in [0.5, 0.6) is 11.5 Å². The molecule has 0 aromatic heterocycles. The predicted molar refractivity (Wildman–Crippen MR) is 82.2 cm³/mol. The normalized spacial score (nSPS) is 21.7. The fourth-order valence-electron chi connectivity index (χ4n) is 2.19. The van der Waals surface area contributed by atoms with E-state index >= 15 is 0 Å². The van der Waals surface area contributed by atoms with Crippen molar-refractivity contribution in [1.82, 2.24) is 0 Å². The van der Waals surface area contributed by atoms with Gasteiger partial charge in [-0.25, -0.2) is 4.39 Å². The Kier molecular flexibility index (Phi) is 4.88. The summed E-state index contributed by atoms with van der Waals surface area (Å²) in [4.78, 5) is 16.1. The molecule has 0 bridgehead atoms. The zero-order valence-electron chi connectivity index (χ0n) is 12.5. The first kappa shape index (κ1) is 15.8. The van der Waals surface area contributed by atoms with E-state index in [1.165, 1.54) is 32.0 Å². The average molecular weight is 311 g/mol. The van der Waals surface area contributed by atoms with E-state index in [1.807, 2.05) is 6.92 Å². The molecule has 1 aromatic carbocycles. The Labute approximate surface area is 127 Å². The molecule has 2 atom stereocenters. The monoisotopic (exact) mass is 311 g/mol. The van der Waals surface area contributed by atoms with E-state index in [2.05, 4.69) is 4.99 Å². The number of rotatable bonds is 4. The van der Waals surface area contributed by atoms with Crippen LogP contribution in [0, 0.1) is 5.82 Å². The molecular weight excluding hydrogens is 293 g/mol. The molecule has 0 saturated heterocycles. The lowest BCUT2D eigenvalue weighted by atomic mass is 10.1. The Bertz CT molecular complexity index is 589. The number of halogens is 1. The van der Waals surface area contributed by atoms with Crippen LogP contribution in [0.2, 0.25) is 0 Å². The lowest BCUT2D eigenvalue weighted by Gasteiger charge is -2.24. The molecule has 1 aliphatic heterocycles. The van der Waals surface area contributed by atoms with Gasteiger partial charge in [0.15, 0.2) is 0 Å². The minimum Gasteiger partial charge on any atom is -0.497 e. The molecule has 21 heavy (non-hydrogen) atoms. The highest BCUT2D eigenvalue weighted by molar-refractivity contribution is 8.15. The third-order valence-electron chi connectivity index (χ3n) is 3.30. The second-order valence-corrected chi connectivity index (χ2v) is 6.11. The van der Waals surface area contributed by atoms with Crippen molar-refractivity contribution in [2.24, 2.45) is 4.99 Å². The predicted octanol–water partition coefficient (Wildman–Crippen LogP) is 3.07. The van der Waals surface area contributed by atoms with Crippen LogP contribution < -0.4 is 9.47 Å². The Hall–Kier alpha value is -1.56. The lowest BCUT2D eigenvalue weighted by molar-refractivity contribution is -0.116. The van der Waals surface area contributed by atoms with E-state index in [0.717, 1.165) is 0 Å². The molecule has 2 unspecified atom stereocenters. The molecule has 0 saturated carbocycles. The van der Waals surface area contributed by atoms with Gasteiger partial charge in [0.1, 0.15) is 28.1 Å². The van der Waals surface area contributed by atoms with Crippen LogP contribution in [0.3, 0.4) is 0 Å². The first-order chi connectivity index (χ1) is 9.96. The minimum absolute atomic E-state index is 0.0265. The number of carbonyl (C=O) groups excluding carboxylic acids is 1. The molecule has 2 rings (SSSR count). The molecule has 1 heterocycles. The molecule has 4 nitrogen and oxygen atoms in total. The van der Waals surface area contributed by atoms with E-state index in [9.17, 15) is 9.18 Å². The molecule has 114 valence electrons. The van der Waals surface area contributed by atoms with Gasteiger partial charge in [-0.2, -0.15) is 0 Å². The number of carbonyl (C=O) groups is 1. The summed E-state index contributed by atoms with van der Waals surface area (Å²) in [5, 5.41) is 0.310. The molecule has 0 aliphatic carbocycles. The highest BCUT2D eigenvalue weighted by atomic mass is 32.2. The Morgan fingerprint density at radius 1 is 1.38 bits per heavy atom. The molecule has 0 N–H and O–H groups in total. The molecular formula is C15H18FNO3S. The fourth-order valence-corrected chi connectivity index (χ4v) is 3.56. The van der Waals surface area contributed by atoms with Gasteiger partial charge in [0.05, 0.1) is 25.0 Å². The number of hydrogen-bond acceptors (Lipinski definition) is 5. The van der Waals surface area contributed by atoms with E-state index in [1.54, 1.807) is 13.0 Å². The molecule has 0 radical (unpaired) electrons. The average Bonchev–Trinajstić information content (AvgIpc) is 2.45. The Balaban J connectivity index is 2.47. The summed E-state index contributed by atoms with van der Waals surface area (Å²) in [6.07, 6.45) is 0.670. The van der Waals surface area contributed by atoms with Crippen LogP contribution in [-0.2, 0) is 4.79 Å². The quantitative estimate of drug-likeness (QED) is 0.857. The maximum Gasteiger partial charge on any atom is 0.143 e. The zero-order chi connectivity index (χ0) is 15.6. The molecule has 6 heteroatoms. The van der Waals surface area contributed by atoms with Gasteiger partial charge in [0.25, 0.3) is 0 Å². The second kappa shape index (κ2) is 6.47. The van der Waals surface area contributed by atoms with Crippen molar-refractivity contribution in [3.8, 4) is 11.5 Å². The summed E-state index contributed by atoms with van der Waals surface area (Å²) in [5.41, 5.74) is 0.293. The number of nitrogens with zero attached hydrogens (tertiary/aromatic N) is 1. The highest BCUT2D eigenvalue weighted by Crippen LogP contribution is 2.36.